The lowest BCUT2D eigenvalue weighted by molar-refractivity contribution is 0.0985. The fraction of sp³-hybridized carbons (Fsp3) is 0.583. The normalized spacial score (nSPS) is 10.9. The molecule has 2 heterocycles. The molecule has 0 amide bonds. The van der Waals surface area contributed by atoms with E-state index in [-0.39, 0.29) is 5.65 Å². The number of aryl methyl sites for hydroxylation is 1. The fourth-order valence-corrected chi connectivity index (χ4v) is 2.12. The molecule has 0 spiro atoms. The zero-order valence-electron chi connectivity index (χ0n) is 11.8. The van der Waals surface area contributed by atoms with Crippen LogP contribution in [0.15, 0.2) is 15.9 Å². The molecule has 0 bridgehead atoms. The van der Waals surface area contributed by atoms with Crippen molar-refractivity contribution in [1.29, 1.82) is 0 Å². The van der Waals surface area contributed by atoms with Crippen LogP contribution in [0.4, 0.5) is 0 Å². The minimum Gasteiger partial charge on any atom is -0.411 e. The number of rotatable bonds is 6. The predicted octanol–water partition coefficient (Wildman–Crippen LogP) is -0.333. The molecule has 110 valence electrons. The van der Waals surface area contributed by atoms with Crippen LogP contribution in [0.2, 0.25) is 0 Å². The number of hydrogen-bond acceptors (Lipinski definition) is 5. The highest BCUT2D eigenvalue weighted by atomic mass is 16.7. The van der Waals surface area contributed by atoms with E-state index in [1.807, 2.05) is 0 Å². The van der Waals surface area contributed by atoms with Crippen molar-refractivity contribution in [2.24, 2.45) is 0 Å². The molecule has 0 radical (unpaired) electrons. The highest BCUT2D eigenvalue weighted by Gasteiger charge is 2.18. The van der Waals surface area contributed by atoms with Crippen LogP contribution in [0.25, 0.3) is 11.2 Å². The number of aromatic nitrogens is 4. The van der Waals surface area contributed by atoms with Gasteiger partial charge in [-0.15, -0.1) is 4.73 Å². The lowest BCUT2D eigenvalue weighted by Crippen LogP contribution is -2.44. The molecule has 0 saturated heterocycles. The molecule has 0 N–H and O–H groups in total. The van der Waals surface area contributed by atoms with Crippen LogP contribution < -0.4 is 20.9 Å². The first-order valence-electron chi connectivity index (χ1n) is 6.47. The maximum Gasteiger partial charge on any atom is 0.399 e. The minimum absolute atomic E-state index is 0.201. The summed E-state index contributed by atoms with van der Waals surface area (Å²) in [5.41, 5.74) is -0.752. The molecule has 0 fully saturated rings. The maximum atomic E-state index is 12.3. The van der Waals surface area contributed by atoms with Crippen LogP contribution in [-0.4, -0.2) is 33.2 Å². The Hall–Kier alpha value is -2.25. The van der Waals surface area contributed by atoms with Gasteiger partial charge in [-0.2, -0.15) is 0 Å². The Labute approximate surface area is 115 Å². The molecular weight excluding hydrogens is 264 g/mol. The maximum absolute atomic E-state index is 12.3. The van der Waals surface area contributed by atoms with Crippen LogP contribution >= 0.6 is 0 Å². The standard InChI is InChI=1S/C12H18N4O4/c1-4-5-6-7-14-8-13-10-9(14)11(17)16(20-3)12(18)15(10)19-2/h8H,4-7H2,1-3H3. The van der Waals surface area contributed by atoms with Crippen LogP contribution in [0, 0.1) is 0 Å². The Balaban J connectivity index is 2.65. The third-order valence-corrected chi connectivity index (χ3v) is 3.11. The zero-order valence-corrected chi connectivity index (χ0v) is 11.8. The Morgan fingerprint density at radius 3 is 2.45 bits per heavy atom. The molecule has 2 rings (SSSR count). The second-order valence-corrected chi connectivity index (χ2v) is 4.36. The van der Waals surface area contributed by atoms with E-state index in [4.69, 9.17) is 9.68 Å². The number of nitrogens with zero attached hydrogens (tertiary/aromatic N) is 4. The summed E-state index contributed by atoms with van der Waals surface area (Å²) in [4.78, 5) is 38.1. The van der Waals surface area contributed by atoms with E-state index in [0.717, 1.165) is 24.0 Å². The van der Waals surface area contributed by atoms with Crippen molar-refractivity contribution < 1.29 is 9.68 Å². The minimum atomic E-state index is -0.716. The third-order valence-electron chi connectivity index (χ3n) is 3.11. The lowest BCUT2D eigenvalue weighted by Gasteiger charge is -2.09. The van der Waals surface area contributed by atoms with Crippen LogP contribution in [0.1, 0.15) is 26.2 Å². The molecule has 0 aliphatic heterocycles. The Morgan fingerprint density at radius 1 is 1.15 bits per heavy atom. The number of imidazole rings is 1. The molecule has 0 atom stereocenters. The molecule has 0 unspecified atom stereocenters. The number of hydrogen-bond donors (Lipinski definition) is 0. The molecule has 0 aliphatic carbocycles. The summed E-state index contributed by atoms with van der Waals surface area (Å²) in [6, 6.07) is 0. The average molecular weight is 282 g/mol. The van der Waals surface area contributed by atoms with Crippen molar-refractivity contribution in [2.45, 2.75) is 32.7 Å². The molecule has 0 aliphatic rings. The Bertz CT molecular complexity index is 713. The van der Waals surface area contributed by atoms with E-state index in [1.165, 1.54) is 20.5 Å². The average Bonchev–Trinajstić information content (AvgIpc) is 2.84. The number of fused-ring (bicyclic) bond motifs is 1. The van der Waals surface area contributed by atoms with Crippen molar-refractivity contribution in [3.63, 3.8) is 0 Å². The highest BCUT2D eigenvalue weighted by molar-refractivity contribution is 5.69. The van der Waals surface area contributed by atoms with E-state index >= 15 is 0 Å². The van der Waals surface area contributed by atoms with Gasteiger partial charge in [-0.05, 0) is 6.42 Å². The van der Waals surface area contributed by atoms with Gasteiger partial charge < -0.3 is 14.2 Å². The van der Waals surface area contributed by atoms with Gasteiger partial charge in [0.2, 0.25) is 5.65 Å². The van der Waals surface area contributed by atoms with Gasteiger partial charge in [-0.25, -0.2) is 9.78 Å². The van der Waals surface area contributed by atoms with Crippen molar-refractivity contribution in [3.05, 3.63) is 27.2 Å². The van der Waals surface area contributed by atoms with Gasteiger partial charge in [0.15, 0.2) is 5.52 Å². The molecule has 8 heteroatoms. The van der Waals surface area contributed by atoms with Crippen molar-refractivity contribution in [2.75, 3.05) is 14.2 Å². The van der Waals surface area contributed by atoms with E-state index < -0.39 is 11.2 Å². The van der Waals surface area contributed by atoms with E-state index in [2.05, 4.69) is 11.9 Å². The van der Waals surface area contributed by atoms with E-state index in [1.54, 1.807) is 4.57 Å². The zero-order chi connectivity index (χ0) is 14.7. The fourth-order valence-electron chi connectivity index (χ4n) is 2.12. The molecule has 8 nitrogen and oxygen atoms in total. The second kappa shape index (κ2) is 5.81. The summed E-state index contributed by atoms with van der Waals surface area (Å²) in [6.07, 6.45) is 4.61. The molecule has 2 aromatic heterocycles. The Kier molecular flexibility index (Phi) is 4.11. The lowest BCUT2D eigenvalue weighted by atomic mass is 10.2. The van der Waals surface area contributed by atoms with Gasteiger partial charge in [0.05, 0.1) is 6.33 Å². The third kappa shape index (κ3) is 2.17. The summed E-state index contributed by atoms with van der Waals surface area (Å²) in [7, 11) is 2.59. The molecule has 0 aromatic carbocycles. The first-order chi connectivity index (χ1) is 9.65. The smallest absolute Gasteiger partial charge is 0.399 e. The summed E-state index contributed by atoms with van der Waals surface area (Å²) in [6.45, 7) is 2.76. The van der Waals surface area contributed by atoms with Gasteiger partial charge in [-0.3, -0.25) is 4.79 Å². The largest absolute Gasteiger partial charge is 0.411 e. The quantitative estimate of drug-likeness (QED) is 0.678. The molecule has 2 aromatic rings. The van der Waals surface area contributed by atoms with E-state index in [0.29, 0.717) is 16.8 Å². The van der Waals surface area contributed by atoms with Crippen molar-refractivity contribution in [3.8, 4) is 0 Å². The first-order valence-corrected chi connectivity index (χ1v) is 6.47. The summed E-state index contributed by atoms with van der Waals surface area (Å²) < 4.78 is 3.32. The molecule has 20 heavy (non-hydrogen) atoms. The van der Waals surface area contributed by atoms with Crippen LogP contribution in [-0.2, 0) is 6.54 Å². The summed E-state index contributed by atoms with van der Waals surface area (Å²) in [5.74, 6) is 0. The number of unbranched alkanes of at least 4 members (excludes halogenated alkanes) is 2. The summed E-state index contributed by atoms with van der Waals surface area (Å²) >= 11 is 0. The monoisotopic (exact) mass is 282 g/mol. The van der Waals surface area contributed by atoms with Crippen LogP contribution in [0.3, 0.4) is 0 Å². The SMILES string of the molecule is CCCCCn1cnc2c1c(=O)n(OC)c(=O)n2OC. The predicted molar refractivity (Wildman–Crippen MR) is 72.8 cm³/mol. The van der Waals surface area contributed by atoms with Gasteiger partial charge in [0.25, 0.3) is 0 Å². The highest BCUT2D eigenvalue weighted by Crippen LogP contribution is 2.07. The van der Waals surface area contributed by atoms with Gasteiger partial charge in [-0.1, -0.05) is 24.5 Å². The Morgan fingerprint density at radius 2 is 1.85 bits per heavy atom. The first kappa shape index (κ1) is 14.2. The van der Waals surface area contributed by atoms with Gasteiger partial charge >= 0.3 is 11.2 Å². The topological polar surface area (TPSA) is 80.3 Å². The van der Waals surface area contributed by atoms with Crippen molar-refractivity contribution in [1.82, 2.24) is 19.0 Å². The second-order valence-electron chi connectivity index (χ2n) is 4.36. The van der Waals surface area contributed by atoms with Gasteiger partial charge in [0.1, 0.15) is 14.2 Å². The van der Waals surface area contributed by atoms with Crippen LogP contribution in [0.5, 0.6) is 0 Å². The molecular formula is C12H18N4O4. The summed E-state index contributed by atoms with van der Waals surface area (Å²) in [5, 5.41) is 0. The molecule has 0 saturated carbocycles. The van der Waals surface area contributed by atoms with Crippen molar-refractivity contribution >= 4 is 11.2 Å². The van der Waals surface area contributed by atoms with E-state index in [9.17, 15) is 9.59 Å². The van der Waals surface area contributed by atoms with Gasteiger partial charge in [0, 0.05) is 6.54 Å².